The van der Waals surface area contributed by atoms with E-state index in [0.717, 1.165) is 0 Å². The number of amides is 1. The van der Waals surface area contributed by atoms with Crippen LogP contribution in [0.1, 0.15) is 5.82 Å². The fourth-order valence-electron chi connectivity index (χ4n) is 2.68. The summed E-state index contributed by atoms with van der Waals surface area (Å²) in [6.07, 6.45) is 0. The fraction of sp³-hybridized carbons (Fsp3) is 0.312. The molecule has 0 aliphatic carbocycles. The minimum Gasteiger partial charge on any atom is -0.466 e. The van der Waals surface area contributed by atoms with E-state index < -0.39 is 5.97 Å². The molecule has 0 atom stereocenters. The maximum Gasteiger partial charge on any atom is 0.337 e. The van der Waals surface area contributed by atoms with Crippen LogP contribution in [-0.2, 0) is 14.3 Å². The number of tetrazole rings is 1. The third-order valence-corrected chi connectivity index (χ3v) is 3.94. The number of hydrogen-bond donors (Lipinski definition) is 2. The first-order valence-electron chi connectivity index (χ1n) is 7.89. The molecule has 0 unspecified atom stereocenters. The van der Waals surface area contributed by atoms with Gasteiger partial charge in [-0.2, -0.15) is 4.68 Å². The molecule has 1 aliphatic rings. The van der Waals surface area contributed by atoms with E-state index in [4.69, 9.17) is 9.84 Å². The lowest BCUT2D eigenvalue weighted by molar-refractivity contribution is -0.136. The van der Waals surface area contributed by atoms with Crippen LogP contribution < -0.4 is 5.32 Å². The molecule has 10 nitrogen and oxygen atoms in total. The van der Waals surface area contributed by atoms with Crippen molar-refractivity contribution in [3.63, 3.8) is 0 Å². The maximum absolute atomic E-state index is 12.5. The second kappa shape index (κ2) is 7.31. The van der Waals surface area contributed by atoms with E-state index >= 15 is 0 Å². The first-order valence-corrected chi connectivity index (χ1v) is 7.89. The van der Waals surface area contributed by atoms with Crippen molar-refractivity contribution in [2.45, 2.75) is 6.92 Å². The van der Waals surface area contributed by atoms with Gasteiger partial charge in [-0.25, -0.2) is 4.79 Å². The number of benzene rings is 1. The lowest BCUT2D eigenvalue weighted by Gasteiger charge is -2.15. The Labute approximate surface area is 149 Å². The Morgan fingerprint density at radius 2 is 2.23 bits per heavy atom. The van der Waals surface area contributed by atoms with Crippen molar-refractivity contribution in [2.75, 3.05) is 32.1 Å². The van der Waals surface area contributed by atoms with Gasteiger partial charge in [0.25, 0.3) is 5.91 Å². The molecule has 10 heteroatoms. The van der Waals surface area contributed by atoms with Crippen molar-refractivity contribution in [1.29, 1.82) is 0 Å². The monoisotopic (exact) mass is 358 g/mol. The van der Waals surface area contributed by atoms with Crippen molar-refractivity contribution >= 4 is 17.6 Å². The third kappa shape index (κ3) is 3.26. The molecule has 0 radical (unpaired) electrons. The molecular formula is C16H18N6O4. The number of carbonyl (C=O) groups excluding carboxylic acids is 2. The molecule has 0 saturated heterocycles. The van der Waals surface area contributed by atoms with E-state index in [1.165, 1.54) is 12.0 Å². The number of carbonyl (C=O) groups is 2. The van der Waals surface area contributed by atoms with Gasteiger partial charge in [0.2, 0.25) is 0 Å². The van der Waals surface area contributed by atoms with Gasteiger partial charge >= 0.3 is 5.97 Å². The minimum atomic E-state index is -0.589. The number of methoxy groups -OCH3 is 1. The molecule has 0 spiro atoms. The van der Waals surface area contributed by atoms with Crippen LogP contribution in [0.15, 0.2) is 35.5 Å². The zero-order valence-corrected chi connectivity index (χ0v) is 14.3. The highest BCUT2D eigenvalue weighted by Crippen LogP contribution is 2.24. The molecule has 1 aliphatic heterocycles. The smallest absolute Gasteiger partial charge is 0.337 e. The second-order valence-electron chi connectivity index (χ2n) is 5.61. The van der Waals surface area contributed by atoms with Gasteiger partial charge < -0.3 is 20.1 Å². The van der Waals surface area contributed by atoms with Crippen LogP contribution in [0.2, 0.25) is 0 Å². The van der Waals surface area contributed by atoms with Crippen LogP contribution in [0.3, 0.4) is 0 Å². The zero-order valence-electron chi connectivity index (χ0n) is 14.3. The number of esters is 1. The Morgan fingerprint density at radius 3 is 2.88 bits per heavy atom. The van der Waals surface area contributed by atoms with Gasteiger partial charge in [0.15, 0.2) is 5.82 Å². The highest BCUT2D eigenvalue weighted by Gasteiger charge is 2.34. The predicted octanol–water partition coefficient (Wildman–Crippen LogP) is -0.356. The Balaban J connectivity index is 1.92. The van der Waals surface area contributed by atoms with Gasteiger partial charge in [0.05, 0.1) is 31.5 Å². The van der Waals surface area contributed by atoms with Crippen LogP contribution in [0.4, 0.5) is 5.69 Å². The van der Waals surface area contributed by atoms with Gasteiger partial charge in [-0.15, -0.1) is 5.10 Å². The van der Waals surface area contributed by atoms with Gasteiger partial charge in [-0.3, -0.25) is 4.79 Å². The highest BCUT2D eigenvalue weighted by molar-refractivity contribution is 6.08. The summed E-state index contributed by atoms with van der Waals surface area (Å²) in [5, 5.41) is 23.4. The SMILES string of the molecule is COC(=O)C1=C(Nc2cccc(-n3nnnc3C)c2)C(=O)N(CCO)C1. The van der Waals surface area contributed by atoms with Gasteiger partial charge in [-0.1, -0.05) is 6.07 Å². The normalized spacial score (nSPS) is 14.1. The summed E-state index contributed by atoms with van der Waals surface area (Å²) in [7, 11) is 1.26. The standard InChI is InChI=1S/C16H18N6O4/c1-10-18-19-20-22(10)12-5-3-4-11(8-12)17-14-13(16(25)26-2)9-21(6-7-23)15(14)24/h3-5,8,17,23H,6-7,9H2,1-2H3. The summed E-state index contributed by atoms with van der Waals surface area (Å²) in [6.45, 7) is 1.79. The average molecular weight is 358 g/mol. The number of aryl methyl sites for hydroxylation is 1. The number of nitrogens with one attached hydrogen (secondary N) is 1. The van der Waals surface area contributed by atoms with E-state index in [2.05, 4.69) is 20.8 Å². The van der Waals surface area contributed by atoms with Crippen LogP contribution in [0.25, 0.3) is 5.69 Å². The second-order valence-corrected chi connectivity index (χ2v) is 5.61. The summed E-state index contributed by atoms with van der Waals surface area (Å²) in [5.74, 6) is -0.347. The van der Waals surface area contributed by atoms with Gasteiger partial charge in [0, 0.05) is 12.2 Å². The average Bonchev–Trinajstić information content (AvgIpc) is 3.20. The molecule has 2 heterocycles. The van der Waals surface area contributed by atoms with E-state index in [9.17, 15) is 9.59 Å². The fourth-order valence-corrected chi connectivity index (χ4v) is 2.68. The third-order valence-electron chi connectivity index (χ3n) is 3.94. The molecule has 26 heavy (non-hydrogen) atoms. The van der Waals surface area contributed by atoms with Crippen LogP contribution >= 0.6 is 0 Å². The molecule has 0 fully saturated rings. The molecule has 136 valence electrons. The summed E-state index contributed by atoms with van der Waals surface area (Å²) in [5.41, 5.74) is 1.65. The summed E-state index contributed by atoms with van der Waals surface area (Å²) in [4.78, 5) is 25.9. The Bertz CT molecular complexity index is 875. The first kappa shape index (κ1) is 17.5. The number of aromatic nitrogens is 4. The maximum atomic E-state index is 12.5. The minimum absolute atomic E-state index is 0.0835. The largest absolute Gasteiger partial charge is 0.466 e. The number of hydrogen-bond acceptors (Lipinski definition) is 8. The molecule has 1 aromatic heterocycles. The van der Waals surface area contributed by atoms with Crippen LogP contribution in [-0.4, -0.2) is 68.9 Å². The Morgan fingerprint density at radius 1 is 1.42 bits per heavy atom. The highest BCUT2D eigenvalue weighted by atomic mass is 16.5. The van der Waals surface area contributed by atoms with Crippen molar-refractivity contribution in [3.8, 4) is 5.69 Å². The van der Waals surface area contributed by atoms with Crippen molar-refractivity contribution in [1.82, 2.24) is 25.1 Å². The van der Waals surface area contributed by atoms with Crippen molar-refractivity contribution in [3.05, 3.63) is 41.4 Å². The molecular weight excluding hydrogens is 340 g/mol. The first-order chi connectivity index (χ1) is 12.5. The van der Waals surface area contributed by atoms with E-state index in [1.807, 2.05) is 6.07 Å². The van der Waals surface area contributed by atoms with Crippen molar-refractivity contribution < 1.29 is 19.4 Å². The topological polar surface area (TPSA) is 122 Å². The summed E-state index contributed by atoms with van der Waals surface area (Å²) < 4.78 is 6.32. The van der Waals surface area contributed by atoms with E-state index in [1.54, 1.807) is 29.8 Å². The zero-order chi connectivity index (χ0) is 18.7. The lowest BCUT2D eigenvalue weighted by atomic mass is 10.2. The van der Waals surface area contributed by atoms with E-state index in [-0.39, 0.29) is 36.9 Å². The Hall–Kier alpha value is -3.27. The van der Waals surface area contributed by atoms with Crippen LogP contribution in [0, 0.1) is 6.92 Å². The van der Waals surface area contributed by atoms with Crippen molar-refractivity contribution in [2.24, 2.45) is 0 Å². The predicted molar refractivity (Wildman–Crippen MR) is 90.2 cm³/mol. The number of ether oxygens (including phenoxy) is 1. The number of aliphatic hydroxyl groups is 1. The number of aliphatic hydroxyl groups excluding tert-OH is 1. The summed E-state index contributed by atoms with van der Waals surface area (Å²) >= 11 is 0. The quantitative estimate of drug-likeness (QED) is 0.672. The lowest BCUT2D eigenvalue weighted by Crippen LogP contribution is -2.31. The molecule has 1 amide bonds. The molecule has 1 aromatic carbocycles. The number of anilines is 1. The molecule has 2 N–H and O–H groups in total. The number of nitrogens with zero attached hydrogens (tertiary/aromatic N) is 5. The number of β-amino-alcohol motifs (C(OH)–C–C–N with tert-alkyl or cyclic N) is 1. The van der Waals surface area contributed by atoms with Gasteiger partial charge in [-0.05, 0) is 35.5 Å². The summed E-state index contributed by atoms with van der Waals surface area (Å²) in [6, 6.07) is 7.11. The van der Waals surface area contributed by atoms with E-state index in [0.29, 0.717) is 17.2 Å². The number of rotatable bonds is 6. The molecule has 2 aromatic rings. The molecule has 3 rings (SSSR count). The molecule has 0 saturated carbocycles. The van der Waals surface area contributed by atoms with Crippen LogP contribution in [0.5, 0.6) is 0 Å². The Kier molecular flexibility index (Phi) is 4.94. The molecule has 0 bridgehead atoms. The van der Waals surface area contributed by atoms with Gasteiger partial charge in [0.1, 0.15) is 5.70 Å².